The molecule has 0 aromatic carbocycles. The molecule has 0 radical (unpaired) electrons. The first-order valence-corrected chi connectivity index (χ1v) is 8.96. The highest BCUT2D eigenvalue weighted by Crippen LogP contribution is 2.17. The summed E-state index contributed by atoms with van der Waals surface area (Å²) in [5, 5.41) is 1.17. The van der Waals surface area contributed by atoms with Gasteiger partial charge in [0.15, 0.2) is 0 Å². The van der Waals surface area contributed by atoms with E-state index in [0.29, 0.717) is 0 Å². The molecular formula is C17H29NS. The molecule has 0 saturated carbocycles. The van der Waals surface area contributed by atoms with Crippen LogP contribution in [0.25, 0.3) is 0 Å². The van der Waals surface area contributed by atoms with Crippen LogP contribution < -0.4 is 0 Å². The lowest BCUT2D eigenvalue weighted by atomic mass is 10.1. The highest BCUT2D eigenvalue weighted by atomic mass is 32.2. The van der Waals surface area contributed by atoms with Gasteiger partial charge in [-0.25, -0.2) is 4.98 Å². The number of rotatable bonds is 12. The van der Waals surface area contributed by atoms with Gasteiger partial charge in [0.1, 0.15) is 0 Å². The summed E-state index contributed by atoms with van der Waals surface area (Å²) in [7, 11) is 0. The molecule has 0 aliphatic carbocycles. The van der Waals surface area contributed by atoms with E-state index >= 15 is 0 Å². The first-order chi connectivity index (χ1) is 9.43. The molecule has 0 atom stereocenters. The Morgan fingerprint density at radius 2 is 1.47 bits per heavy atom. The van der Waals surface area contributed by atoms with Crippen molar-refractivity contribution in [3.63, 3.8) is 0 Å². The van der Waals surface area contributed by atoms with E-state index in [0.717, 1.165) is 0 Å². The molecule has 2 heteroatoms. The summed E-state index contributed by atoms with van der Waals surface area (Å²) >= 11 is 1.89. The minimum Gasteiger partial charge on any atom is -0.250 e. The molecule has 1 aromatic heterocycles. The zero-order chi connectivity index (χ0) is 13.6. The van der Waals surface area contributed by atoms with E-state index in [1.165, 1.54) is 75.0 Å². The van der Waals surface area contributed by atoms with Crippen LogP contribution in [0.5, 0.6) is 0 Å². The largest absolute Gasteiger partial charge is 0.250 e. The van der Waals surface area contributed by atoms with Gasteiger partial charge in [0.05, 0.1) is 5.03 Å². The van der Waals surface area contributed by atoms with Gasteiger partial charge in [-0.3, -0.25) is 0 Å². The molecule has 1 aromatic rings. The van der Waals surface area contributed by atoms with Crippen LogP contribution in [-0.4, -0.2) is 10.7 Å². The van der Waals surface area contributed by atoms with Crippen molar-refractivity contribution in [3.8, 4) is 0 Å². The van der Waals surface area contributed by atoms with Crippen molar-refractivity contribution in [2.75, 3.05) is 5.75 Å². The second kappa shape index (κ2) is 12.5. The molecule has 0 aliphatic rings. The van der Waals surface area contributed by atoms with Gasteiger partial charge in [-0.15, -0.1) is 11.8 Å². The van der Waals surface area contributed by atoms with E-state index < -0.39 is 0 Å². The van der Waals surface area contributed by atoms with Crippen LogP contribution in [-0.2, 0) is 0 Å². The molecule has 0 saturated heterocycles. The third kappa shape index (κ3) is 10.0. The summed E-state index contributed by atoms with van der Waals surface area (Å²) in [6, 6.07) is 6.14. The van der Waals surface area contributed by atoms with E-state index in [2.05, 4.69) is 24.0 Å². The van der Waals surface area contributed by atoms with E-state index in [1.54, 1.807) is 0 Å². The SMILES string of the molecule is CCCCCCCCCCCCSc1ccccn1. The molecule has 0 aliphatic heterocycles. The minimum atomic E-state index is 1.17. The van der Waals surface area contributed by atoms with Crippen molar-refractivity contribution in [1.29, 1.82) is 0 Å². The number of aromatic nitrogens is 1. The lowest BCUT2D eigenvalue weighted by Crippen LogP contribution is -1.85. The zero-order valence-corrected chi connectivity index (χ0v) is 13.3. The molecule has 0 fully saturated rings. The molecule has 1 nitrogen and oxygen atoms in total. The van der Waals surface area contributed by atoms with Gasteiger partial charge in [-0.05, 0) is 24.3 Å². The van der Waals surface area contributed by atoms with Crippen molar-refractivity contribution < 1.29 is 0 Å². The van der Waals surface area contributed by atoms with Crippen molar-refractivity contribution >= 4 is 11.8 Å². The van der Waals surface area contributed by atoms with Gasteiger partial charge in [0.2, 0.25) is 0 Å². The molecule has 1 rings (SSSR count). The highest BCUT2D eigenvalue weighted by Gasteiger charge is 1.95. The summed E-state index contributed by atoms with van der Waals surface area (Å²) in [6.07, 6.45) is 16.0. The first-order valence-electron chi connectivity index (χ1n) is 7.97. The lowest BCUT2D eigenvalue weighted by Gasteiger charge is -2.02. The predicted octanol–water partition coefficient (Wildman–Crippen LogP) is 6.09. The van der Waals surface area contributed by atoms with Gasteiger partial charge < -0.3 is 0 Å². The molecule has 0 bridgehead atoms. The Kier molecular flexibility index (Phi) is 10.9. The smallest absolute Gasteiger partial charge is 0.0959 e. The quantitative estimate of drug-likeness (QED) is 0.339. The number of unbranched alkanes of at least 4 members (excludes halogenated alkanes) is 9. The van der Waals surface area contributed by atoms with Crippen LogP contribution in [0.15, 0.2) is 29.4 Å². The lowest BCUT2D eigenvalue weighted by molar-refractivity contribution is 0.563. The van der Waals surface area contributed by atoms with Crippen molar-refractivity contribution in [2.45, 2.75) is 76.2 Å². The fourth-order valence-electron chi connectivity index (χ4n) is 2.20. The van der Waals surface area contributed by atoms with Crippen molar-refractivity contribution in [1.82, 2.24) is 4.98 Å². The van der Waals surface area contributed by atoms with Gasteiger partial charge in [0.25, 0.3) is 0 Å². The monoisotopic (exact) mass is 279 g/mol. The predicted molar refractivity (Wildman–Crippen MR) is 86.8 cm³/mol. The second-order valence-corrected chi connectivity index (χ2v) is 6.31. The van der Waals surface area contributed by atoms with Crippen LogP contribution in [0.2, 0.25) is 0 Å². The summed E-state index contributed by atoms with van der Waals surface area (Å²) in [4.78, 5) is 4.32. The second-order valence-electron chi connectivity index (χ2n) is 5.20. The van der Waals surface area contributed by atoms with Crippen molar-refractivity contribution in [3.05, 3.63) is 24.4 Å². The van der Waals surface area contributed by atoms with E-state index in [-0.39, 0.29) is 0 Å². The van der Waals surface area contributed by atoms with Crippen LogP contribution in [0.4, 0.5) is 0 Å². The molecule has 1 heterocycles. The summed E-state index contributed by atoms with van der Waals surface area (Å²) in [5.74, 6) is 1.22. The maximum atomic E-state index is 4.32. The fraction of sp³-hybridized carbons (Fsp3) is 0.706. The highest BCUT2D eigenvalue weighted by molar-refractivity contribution is 7.99. The Morgan fingerprint density at radius 3 is 2.05 bits per heavy atom. The number of pyridine rings is 1. The molecule has 0 N–H and O–H groups in total. The summed E-state index contributed by atoms with van der Waals surface area (Å²) < 4.78 is 0. The van der Waals surface area contributed by atoms with Gasteiger partial charge >= 0.3 is 0 Å². The van der Waals surface area contributed by atoms with E-state index in [4.69, 9.17) is 0 Å². The maximum Gasteiger partial charge on any atom is 0.0959 e. The van der Waals surface area contributed by atoms with E-state index in [9.17, 15) is 0 Å². The summed E-state index contributed by atoms with van der Waals surface area (Å²) in [5.41, 5.74) is 0. The Labute approximate surface area is 123 Å². The topological polar surface area (TPSA) is 12.9 Å². The van der Waals surface area contributed by atoms with Crippen LogP contribution in [0, 0.1) is 0 Å². The van der Waals surface area contributed by atoms with Gasteiger partial charge in [-0.2, -0.15) is 0 Å². The van der Waals surface area contributed by atoms with Crippen LogP contribution >= 0.6 is 11.8 Å². The molecule has 19 heavy (non-hydrogen) atoms. The number of thioether (sulfide) groups is 1. The Balaban J connectivity index is 1.79. The molecule has 0 amide bonds. The van der Waals surface area contributed by atoms with Crippen molar-refractivity contribution in [2.24, 2.45) is 0 Å². The normalized spacial score (nSPS) is 10.8. The maximum absolute atomic E-state index is 4.32. The number of hydrogen-bond acceptors (Lipinski definition) is 2. The third-order valence-electron chi connectivity index (χ3n) is 3.39. The zero-order valence-electron chi connectivity index (χ0n) is 12.4. The average molecular weight is 279 g/mol. The average Bonchev–Trinajstić information content (AvgIpc) is 2.46. The van der Waals surface area contributed by atoms with Gasteiger partial charge in [-0.1, -0.05) is 70.8 Å². The summed E-state index contributed by atoms with van der Waals surface area (Å²) in [6.45, 7) is 2.28. The minimum absolute atomic E-state index is 1.17. The van der Waals surface area contributed by atoms with E-state index in [1.807, 2.05) is 24.0 Å². The number of nitrogens with zero attached hydrogens (tertiary/aromatic N) is 1. The Hall–Kier alpha value is -0.500. The third-order valence-corrected chi connectivity index (χ3v) is 4.42. The Morgan fingerprint density at radius 1 is 0.842 bits per heavy atom. The standard InChI is InChI=1S/C17H29NS/c1-2-3-4-5-6-7-8-9-10-13-16-19-17-14-11-12-15-18-17/h11-12,14-15H,2-10,13,16H2,1H3. The molecule has 108 valence electrons. The molecule has 0 spiro atoms. The first kappa shape index (κ1) is 16.6. The van der Waals surface area contributed by atoms with Crippen LogP contribution in [0.1, 0.15) is 71.1 Å². The Bertz CT molecular complexity index is 287. The fourth-order valence-corrected chi connectivity index (χ4v) is 3.07. The van der Waals surface area contributed by atoms with Gasteiger partial charge in [0, 0.05) is 6.20 Å². The molecule has 0 unspecified atom stereocenters. The van der Waals surface area contributed by atoms with Crippen LogP contribution in [0.3, 0.4) is 0 Å². The molecular weight excluding hydrogens is 250 g/mol. The number of hydrogen-bond donors (Lipinski definition) is 0.